The van der Waals surface area contributed by atoms with E-state index in [4.69, 9.17) is 9.47 Å². The first-order chi connectivity index (χ1) is 8.21. The summed E-state index contributed by atoms with van der Waals surface area (Å²) in [5, 5.41) is 9.85. The van der Waals surface area contributed by atoms with E-state index >= 15 is 0 Å². The van der Waals surface area contributed by atoms with Crippen molar-refractivity contribution in [1.29, 1.82) is 0 Å². The van der Waals surface area contributed by atoms with E-state index in [0.717, 1.165) is 30.6 Å². The van der Waals surface area contributed by atoms with E-state index in [1.54, 1.807) is 14.2 Å². The fraction of sp³-hybridized carbons (Fsp3) is 0.571. The summed E-state index contributed by atoms with van der Waals surface area (Å²) in [6.07, 6.45) is 3.43. The number of aliphatic hydroxyl groups excluding tert-OH is 1. The molecule has 0 amide bonds. The maximum atomic E-state index is 9.85. The van der Waals surface area contributed by atoms with E-state index in [0.29, 0.717) is 12.2 Å². The van der Waals surface area contributed by atoms with E-state index in [9.17, 15) is 5.11 Å². The Labute approximate surface area is 103 Å². The van der Waals surface area contributed by atoms with Gasteiger partial charge in [0.15, 0.2) is 11.5 Å². The fourth-order valence-electron chi connectivity index (χ4n) is 1.82. The highest BCUT2D eigenvalue weighted by atomic mass is 16.5. The Bertz CT molecular complexity index is 336. The first kappa shape index (κ1) is 13.8. The normalized spacial score (nSPS) is 12.2. The number of methoxy groups -OCH3 is 2. The molecule has 0 aliphatic heterocycles. The van der Waals surface area contributed by atoms with Gasteiger partial charge < -0.3 is 14.6 Å². The second kappa shape index (κ2) is 7.17. The molecule has 0 heterocycles. The molecule has 96 valence electrons. The van der Waals surface area contributed by atoms with Gasteiger partial charge in [0.25, 0.3) is 0 Å². The molecule has 17 heavy (non-hydrogen) atoms. The van der Waals surface area contributed by atoms with Crippen molar-refractivity contribution in [2.45, 2.75) is 38.7 Å². The van der Waals surface area contributed by atoms with Crippen LogP contribution in [0.3, 0.4) is 0 Å². The van der Waals surface area contributed by atoms with Crippen LogP contribution in [0.2, 0.25) is 0 Å². The molecule has 0 radical (unpaired) electrons. The summed E-state index contributed by atoms with van der Waals surface area (Å²) in [5.74, 6) is 1.44. The van der Waals surface area contributed by atoms with Crippen LogP contribution in [0.4, 0.5) is 0 Å². The Morgan fingerprint density at radius 2 is 1.88 bits per heavy atom. The highest BCUT2D eigenvalue weighted by Gasteiger charge is 2.08. The third kappa shape index (κ3) is 4.27. The Morgan fingerprint density at radius 3 is 2.47 bits per heavy atom. The van der Waals surface area contributed by atoms with Crippen molar-refractivity contribution in [3.8, 4) is 11.5 Å². The topological polar surface area (TPSA) is 38.7 Å². The van der Waals surface area contributed by atoms with Gasteiger partial charge in [-0.3, -0.25) is 0 Å². The second-order valence-electron chi connectivity index (χ2n) is 4.19. The van der Waals surface area contributed by atoms with Crippen LogP contribution in [-0.2, 0) is 6.42 Å². The van der Waals surface area contributed by atoms with E-state index in [1.807, 2.05) is 18.2 Å². The molecule has 0 aliphatic carbocycles. The molecule has 1 aromatic carbocycles. The molecule has 0 aromatic heterocycles. The minimum absolute atomic E-state index is 0.270. The molecule has 0 bridgehead atoms. The lowest BCUT2D eigenvalue weighted by Gasteiger charge is -2.12. The van der Waals surface area contributed by atoms with Gasteiger partial charge in [0.1, 0.15) is 0 Å². The minimum Gasteiger partial charge on any atom is -0.493 e. The molecule has 1 unspecified atom stereocenters. The van der Waals surface area contributed by atoms with Crippen molar-refractivity contribution in [1.82, 2.24) is 0 Å². The summed E-state index contributed by atoms with van der Waals surface area (Å²) in [4.78, 5) is 0. The van der Waals surface area contributed by atoms with Crippen molar-refractivity contribution < 1.29 is 14.6 Å². The van der Waals surface area contributed by atoms with E-state index in [1.165, 1.54) is 0 Å². The quantitative estimate of drug-likeness (QED) is 0.794. The van der Waals surface area contributed by atoms with Crippen molar-refractivity contribution in [2.75, 3.05) is 14.2 Å². The molecule has 1 atom stereocenters. The average molecular weight is 238 g/mol. The number of benzene rings is 1. The van der Waals surface area contributed by atoms with E-state index in [2.05, 4.69) is 6.92 Å². The molecule has 3 nitrogen and oxygen atoms in total. The van der Waals surface area contributed by atoms with Crippen molar-refractivity contribution in [2.24, 2.45) is 0 Å². The van der Waals surface area contributed by atoms with Gasteiger partial charge in [-0.15, -0.1) is 0 Å². The zero-order valence-corrected chi connectivity index (χ0v) is 10.9. The predicted molar refractivity (Wildman–Crippen MR) is 68.8 cm³/mol. The van der Waals surface area contributed by atoms with Crippen LogP contribution < -0.4 is 9.47 Å². The first-order valence-corrected chi connectivity index (χ1v) is 6.10. The molecule has 1 rings (SSSR count). The molecule has 0 fully saturated rings. The summed E-state index contributed by atoms with van der Waals surface area (Å²) >= 11 is 0. The molecule has 0 saturated heterocycles. The lowest BCUT2D eigenvalue weighted by atomic mass is 10.0. The molecule has 3 heteroatoms. The standard InChI is InChI=1S/C14H22O3/c1-4-5-6-12(15)9-11-7-8-13(16-2)14(10-11)17-3/h7-8,10,12,15H,4-6,9H2,1-3H3. The molecule has 0 saturated carbocycles. The number of hydrogen-bond donors (Lipinski definition) is 1. The molecule has 1 N–H and O–H groups in total. The summed E-state index contributed by atoms with van der Waals surface area (Å²) in [6.45, 7) is 2.13. The maximum absolute atomic E-state index is 9.85. The van der Waals surface area contributed by atoms with Crippen molar-refractivity contribution >= 4 is 0 Å². The summed E-state index contributed by atoms with van der Waals surface area (Å²) in [6, 6.07) is 5.77. The zero-order chi connectivity index (χ0) is 12.7. The smallest absolute Gasteiger partial charge is 0.160 e. The molecule has 1 aromatic rings. The van der Waals surface area contributed by atoms with Crippen LogP contribution in [0.1, 0.15) is 31.7 Å². The third-order valence-corrected chi connectivity index (χ3v) is 2.81. The van der Waals surface area contributed by atoms with Gasteiger partial charge in [0.05, 0.1) is 20.3 Å². The lowest BCUT2D eigenvalue weighted by Crippen LogP contribution is -2.10. The Hall–Kier alpha value is -1.22. The van der Waals surface area contributed by atoms with Gasteiger partial charge in [-0.1, -0.05) is 25.8 Å². The van der Waals surface area contributed by atoms with Crippen molar-refractivity contribution in [3.63, 3.8) is 0 Å². The minimum atomic E-state index is -0.270. The van der Waals surface area contributed by atoms with Gasteiger partial charge in [0, 0.05) is 0 Å². The molecular formula is C14H22O3. The monoisotopic (exact) mass is 238 g/mol. The summed E-state index contributed by atoms with van der Waals surface area (Å²) in [5.41, 5.74) is 1.08. The highest BCUT2D eigenvalue weighted by molar-refractivity contribution is 5.43. The van der Waals surface area contributed by atoms with Crippen LogP contribution in [0.25, 0.3) is 0 Å². The summed E-state index contributed by atoms with van der Waals surface area (Å²) in [7, 11) is 3.24. The largest absolute Gasteiger partial charge is 0.493 e. The SMILES string of the molecule is CCCCC(O)Cc1ccc(OC)c(OC)c1. The van der Waals surface area contributed by atoms with Crippen LogP contribution in [0.15, 0.2) is 18.2 Å². The lowest BCUT2D eigenvalue weighted by molar-refractivity contribution is 0.161. The number of unbranched alkanes of at least 4 members (excludes halogenated alkanes) is 1. The van der Waals surface area contributed by atoms with Crippen LogP contribution in [-0.4, -0.2) is 25.4 Å². The second-order valence-corrected chi connectivity index (χ2v) is 4.19. The molecular weight excluding hydrogens is 216 g/mol. The predicted octanol–water partition coefficient (Wildman–Crippen LogP) is 2.80. The molecule has 0 spiro atoms. The van der Waals surface area contributed by atoms with Crippen LogP contribution in [0, 0.1) is 0 Å². The summed E-state index contributed by atoms with van der Waals surface area (Å²) < 4.78 is 10.4. The Balaban J connectivity index is 2.65. The average Bonchev–Trinajstić information content (AvgIpc) is 2.36. The number of ether oxygens (including phenoxy) is 2. The number of rotatable bonds is 7. The van der Waals surface area contributed by atoms with Crippen molar-refractivity contribution in [3.05, 3.63) is 23.8 Å². The highest BCUT2D eigenvalue weighted by Crippen LogP contribution is 2.28. The van der Waals surface area contributed by atoms with Gasteiger partial charge >= 0.3 is 0 Å². The zero-order valence-electron chi connectivity index (χ0n) is 10.9. The van der Waals surface area contributed by atoms with Crippen LogP contribution >= 0.6 is 0 Å². The maximum Gasteiger partial charge on any atom is 0.160 e. The van der Waals surface area contributed by atoms with Gasteiger partial charge in [-0.2, -0.15) is 0 Å². The van der Waals surface area contributed by atoms with E-state index < -0.39 is 0 Å². The van der Waals surface area contributed by atoms with E-state index in [-0.39, 0.29) is 6.10 Å². The Kier molecular flexibility index (Phi) is 5.84. The first-order valence-electron chi connectivity index (χ1n) is 6.10. The van der Waals surface area contributed by atoms with Gasteiger partial charge in [-0.25, -0.2) is 0 Å². The number of aliphatic hydroxyl groups is 1. The van der Waals surface area contributed by atoms with Gasteiger partial charge in [-0.05, 0) is 30.5 Å². The molecule has 0 aliphatic rings. The number of hydrogen-bond acceptors (Lipinski definition) is 3. The Morgan fingerprint density at radius 1 is 1.18 bits per heavy atom. The van der Waals surface area contributed by atoms with Gasteiger partial charge in [0.2, 0.25) is 0 Å². The van der Waals surface area contributed by atoms with Crippen LogP contribution in [0.5, 0.6) is 11.5 Å². The third-order valence-electron chi connectivity index (χ3n) is 2.81. The fourth-order valence-corrected chi connectivity index (χ4v) is 1.82.